The lowest BCUT2D eigenvalue weighted by atomic mass is 9.85. The van der Waals surface area contributed by atoms with Crippen molar-refractivity contribution in [2.45, 2.75) is 65.2 Å². The Morgan fingerprint density at radius 1 is 1.28 bits per heavy atom. The number of nitrogens with zero attached hydrogens (tertiary/aromatic N) is 2. The van der Waals surface area contributed by atoms with Crippen LogP contribution in [0.15, 0.2) is 12.5 Å². The lowest BCUT2D eigenvalue weighted by molar-refractivity contribution is 0.00578. The first-order chi connectivity index (χ1) is 8.28. The van der Waals surface area contributed by atoms with Crippen molar-refractivity contribution >= 4 is 12.7 Å². The highest BCUT2D eigenvalue weighted by atomic mass is 16.7. The predicted molar refractivity (Wildman–Crippen MR) is 72.9 cm³/mol. The molecular formula is C13H23BN2O2. The molecule has 5 heteroatoms. The summed E-state index contributed by atoms with van der Waals surface area (Å²) in [5.74, 6) is 0. The Kier molecular flexibility index (Phi) is 3.32. The summed E-state index contributed by atoms with van der Waals surface area (Å²) in [4.78, 5) is 4.23. The van der Waals surface area contributed by atoms with Crippen LogP contribution in [0, 0.1) is 0 Å². The Hall–Kier alpha value is -0.805. The average Bonchev–Trinajstić information content (AvgIpc) is 2.81. The van der Waals surface area contributed by atoms with Crippen LogP contribution < -0.4 is 5.59 Å². The molecule has 1 aliphatic heterocycles. The Bertz CT molecular complexity index is 412. The van der Waals surface area contributed by atoms with Crippen LogP contribution in [-0.2, 0) is 9.31 Å². The molecular weight excluding hydrogens is 227 g/mol. The molecule has 0 spiro atoms. The van der Waals surface area contributed by atoms with Crippen LogP contribution in [0.25, 0.3) is 0 Å². The molecule has 0 aliphatic carbocycles. The van der Waals surface area contributed by atoms with E-state index in [-0.39, 0.29) is 18.3 Å². The quantitative estimate of drug-likeness (QED) is 0.771. The van der Waals surface area contributed by atoms with Gasteiger partial charge < -0.3 is 13.9 Å². The van der Waals surface area contributed by atoms with E-state index in [1.807, 2.05) is 12.5 Å². The highest BCUT2D eigenvalue weighted by molar-refractivity contribution is 6.61. The maximum atomic E-state index is 6.06. The number of rotatable bonds is 3. The summed E-state index contributed by atoms with van der Waals surface area (Å²) in [6.45, 7) is 12.6. The zero-order valence-electron chi connectivity index (χ0n) is 12.2. The molecule has 1 fully saturated rings. The van der Waals surface area contributed by atoms with Gasteiger partial charge in [-0.1, -0.05) is 6.92 Å². The first kappa shape index (κ1) is 13.6. The van der Waals surface area contributed by atoms with Crippen LogP contribution >= 0.6 is 0 Å². The Balaban J connectivity index is 2.28. The minimum absolute atomic E-state index is 0.303. The highest BCUT2D eigenvalue weighted by Crippen LogP contribution is 2.36. The Labute approximate surface area is 110 Å². The van der Waals surface area contributed by atoms with E-state index in [4.69, 9.17) is 9.31 Å². The predicted octanol–water partition coefficient (Wildman–Crippen LogP) is 2.15. The first-order valence-corrected chi connectivity index (χ1v) is 6.66. The molecule has 1 atom stereocenters. The summed E-state index contributed by atoms with van der Waals surface area (Å²) < 4.78 is 14.3. The van der Waals surface area contributed by atoms with Gasteiger partial charge in [-0.05, 0) is 41.0 Å². The van der Waals surface area contributed by atoms with Gasteiger partial charge in [-0.2, -0.15) is 0 Å². The van der Waals surface area contributed by atoms with Crippen LogP contribution in [0.5, 0.6) is 0 Å². The standard InChI is InChI=1S/C13H23BN2O2/c1-7-10(2)16-9-15-8-11(16)14-17-12(3,4)13(5,6)18-14/h8-10H,7H2,1-6H3. The van der Waals surface area contributed by atoms with Gasteiger partial charge in [0.05, 0.1) is 23.1 Å². The molecule has 0 bridgehead atoms. The topological polar surface area (TPSA) is 36.3 Å². The molecule has 18 heavy (non-hydrogen) atoms. The van der Waals surface area contributed by atoms with Crippen LogP contribution in [0.1, 0.15) is 54.0 Å². The third kappa shape index (κ3) is 2.10. The summed E-state index contributed by atoms with van der Waals surface area (Å²) >= 11 is 0. The summed E-state index contributed by atoms with van der Waals surface area (Å²) in [5.41, 5.74) is 0.396. The van der Waals surface area contributed by atoms with Crippen molar-refractivity contribution in [3.05, 3.63) is 12.5 Å². The van der Waals surface area contributed by atoms with Gasteiger partial charge in [-0.25, -0.2) is 4.98 Å². The SMILES string of the molecule is CCC(C)n1cncc1B1OC(C)(C)C(C)(C)O1. The summed E-state index contributed by atoms with van der Waals surface area (Å²) in [5, 5.41) is 0. The molecule has 1 saturated heterocycles. The van der Waals surface area contributed by atoms with Crippen LogP contribution in [0.4, 0.5) is 0 Å². The van der Waals surface area contributed by atoms with Crippen LogP contribution in [-0.4, -0.2) is 27.9 Å². The molecule has 4 nitrogen and oxygen atoms in total. The van der Waals surface area contributed by atoms with Crippen LogP contribution in [0.3, 0.4) is 0 Å². The number of hydrogen-bond donors (Lipinski definition) is 0. The second-order valence-electron chi connectivity index (χ2n) is 6.07. The van der Waals surface area contributed by atoms with Gasteiger partial charge in [0.25, 0.3) is 0 Å². The van der Waals surface area contributed by atoms with E-state index in [1.54, 1.807) is 0 Å². The fourth-order valence-electron chi connectivity index (χ4n) is 2.03. The molecule has 0 N–H and O–H groups in total. The normalized spacial score (nSPS) is 23.3. The molecule has 1 aliphatic rings. The van der Waals surface area contributed by atoms with Crippen molar-refractivity contribution in [3.8, 4) is 0 Å². The van der Waals surface area contributed by atoms with Gasteiger partial charge in [0.2, 0.25) is 0 Å². The van der Waals surface area contributed by atoms with Gasteiger partial charge in [0.15, 0.2) is 0 Å². The Morgan fingerprint density at radius 3 is 2.33 bits per heavy atom. The lowest BCUT2D eigenvalue weighted by Crippen LogP contribution is -2.41. The second kappa shape index (κ2) is 4.39. The van der Waals surface area contributed by atoms with E-state index in [0.29, 0.717) is 6.04 Å². The monoisotopic (exact) mass is 250 g/mol. The number of aromatic nitrogens is 2. The largest absolute Gasteiger partial charge is 0.514 e. The van der Waals surface area contributed by atoms with Crippen LogP contribution in [0.2, 0.25) is 0 Å². The molecule has 0 amide bonds. The van der Waals surface area contributed by atoms with Crippen molar-refractivity contribution < 1.29 is 9.31 Å². The van der Waals surface area contributed by atoms with E-state index >= 15 is 0 Å². The highest BCUT2D eigenvalue weighted by Gasteiger charge is 2.52. The Morgan fingerprint density at radius 2 is 1.83 bits per heavy atom. The van der Waals surface area contributed by atoms with E-state index in [2.05, 4.69) is 51.1 Å². The maximum Gasteiger partial charge on any atom is 0.514 e. The minimum atomic E-state index is -0.327. The zero-order valence-corrected chi connectivity index (χ0v) is 12.2. The van der Waals surface area contributed by atoms with E-state index in [9.17, 15) is 0 Å². The third-order valence-electron chi connectivity index (χ3n) is 4.26. The molecule has 0 radical (unpaired) electrons. The van der Waals surface area contributed by atoms with Crippen molar-refractivity contribution in [1.29, 1.82) is 0 Å². The summed E-state index contributed by atoms with van der Waals surface area (Å²) in [6.07, 6.45) is 4.76. The molecule has 0 saturated carbocycles. The third-order valence-corrected chi connectivity index (χ3v) is 4.26. The minimum Gasteiger partial charge on any atom is -0.398 e. The van der Waals surface area contributed by atoms with Gasteiger partial charge in [-0.15, -0.1) is 0 Å². The van der Waals surface area contributed by atoms with E-state index in [1.165, 1.54) is 0 Å². The van der Waals surface area contributed by atoms with Crippen molar-refractivity contribution in [2.24, 2.45) is 0 Å². The average molecular weight is 250 g/mol. The molecule has 100 valence electrons. The van der Waals surface area contributed by atoms with E-state index in [0.717, 1.165) is 12.0 Å². The second-order valence-corrected chi connectivity index (χ2v) is 6.07. The summed E-state index contributed by atoms with van der Waals surface area (Å²) in [7, 11) is -0.327. The zero-order chi connectivity index (χ0) is 13.6. The van der Waals surface area contributed by atoms with E-state index < -0.39 is 0 Å². The smallest absolute Gasteiger partial charge is 0.398 e. The summed E-state index contributed by atoms with van der Waals surface area (Å²) in [6, 6.07) is 0.404. The number of imidazole rings is 1. The van der Waals surface area contributed by atoms with Gasteiger partial charge in [0.1, 0.15) is 0 Å². The lowest BCUT2D eigenvalue weighted by Gasteiger charge is -2.32. The van der Waals surface area contributed by atoms with Crippen molar-refractivity contribution in [1.82, 2.24) is 9.55 Å². The van der Waals surface area contributed by atoms with Crippen molar-refractivity contribution in [3.63, 3.8) is 0 Å². The van der Waals surface area contributed by atoms with Gasteiger partial charge >= 0.3 is 7.12 Å². The molecule has 2 rings (SSSR count). The molecule has 2 heterocycles. The molecule has 1 unspecified atom stereocenters. The van der Waals surface area contributed by atoms with Crippen molar-refractivity contribution in [2.75, 3.05) is 0 Å². The first-order valence-electron chi connectivity index (χ1n) is 6.66. The fraction of sp³-hybridized carbons (Fsp3) is 0.769. The van der Waals surface area contributed by atoms with Gasteiger partial charge in [-0.3, -0.25) is 0 Å². The molecule has 1 aromatic heterocycles. The maximum absolute atomic E-state index is 6.06. The molecule has 1 aromatic rings. The molecule has 0 aromatic carbocycles. The fourth-order valence-corrected chi connectivity index (χ4v) is 2.03. The van der Waals surface area contributed by atoms with Gasteiger partial charge in [0, 0.05) is 12.2 Å². The number of hydrogen-bond acceptors (Lipinski definition) is 3.